The van der Waals surface area contributed by atoms with Crippen LogP contribution in [0.1, 0.15) is 51.8 Å². The van der Waals surface area contributed by atoms with Crippen molar-refractivity contribution in [1.29, 1.82) is 0 Å². The van der Waals surface area contributed by atoms with E-state index in [1.165, 1.54) is 18.4 Å². The first kappa shape index (κ1) is 16.3. The van der Waals surface area contributed by atoms with Crippen molar-refractivity contribution >= 4 is 5.82 Å². The molecular formula is C18H31N3. The molecule has 1 aromatic rings. The number of anilines is 1. The van der Waals surface area contributed by atoms with Gasteiger partial charge in [0.25, 0.3) is 0 Å². The lowest BCUT2D eigenvalue weighted by atomic mass is 9.83. The Morgan fingerprint density at radius 2 is 1.90 bits per heavy atom. The van der Waals surface area contributed by atoms with Gasteiger partial charge < -0.3 is 10.2 Å². The monoisotopic (exact) mass is 289 g/mol. The van der Waals surface area contributed by atoms with Gasteiger partial charge in [-0.05, 0) is 49.3 Å². The maximum absolute atomic E-state index is 4.83. The Labute approximate surface area is 130 Å². The summed E-state index contributed by atoms with van der Waals surface area (Å²) in [6, 6.07) is 4.43. The summed E-state index contributed by atoms with van der Waals surface area (Å²) in [6.45, 7) is 15.6. The lowest BCUT2D eigenvalue weighted by Crippen LogP contribution is -2.37. The molecule has 1 aromatic heterocycles. The van der Waals surface area contributed by atoms with E-state index in [2.05, 4.69) is 57.0 Å². The molecule has 0 unspecified atom stereocenters. The summed E-state index contributed by atoms with van der Waals surface area (Å²) in [7, 11) is 0. The molecule has 0 bridgehead atoms. The number of nitrogens with zero attached hydrogens (tertiary/aromatic N) is 2. The van der Waals surface area contributed by atoms with E-state index in [0.29, 0.717) is 11.3 Å². The molecule has 0 aromatic carbocycles. The molecule has 3 heteroatoms. The average Bonchev–Trinajstić information content (AvgIpc) is 2.40. The van der Waals surface area contributed by atoms with Gasteiger partial charge in [-0.15, -0.1) is 0 Å². The second-order valence-electron chi connectivity index (χ2n) is 7.59. The Bertz CT molecular complexity index is 456. The smallest absolute Gasteiger partial charge is 0.128 e. The van der Waals surface area contributed by atoms with E-state index >= 15 is 0 Å². The van der Waals surface area contributed by atoms with Crippen LogP contribution in [0.5, 0.6) is 0 Å². The van der Waals surface area contributed by atoms with Crippen LogP contribution in [-0.2, 0) is 6.54 Å². The quantitative estimate of drug-likeness (QED) is 0.894. The zero-order chi connectivity index (χ0) is 15.5. The molecule has 0 saturated carbocycles. The van der Waals surface area contributed by atoms with Crippen LogP contribution in [0, 0.1) is 18.3 Å². The van der Waals surface area contributed by atoms with Gasteiger partial charge >= 0.3 is 0 Å². The number of hydrogen-bond acceptors (Lipinski definition) is 3. The van der Waals surface area contributed by atoms with Gasteiger partial charge in [0.05, 0.1) is 0 Å². The molecule has 118 valence electrons. The van der Waals surface area contributed by atoms with Crippen molar-refractivity contribution in [2.45, 2.75) is 54.0 Å². The molecule has 1 saturated heterocycles. The molecule has 2 heterocycles. The Morgan fingerprint density at radius 1 is 1.24 bits per heavy atom. The van der Waals surface area contributed by atoms with Gasteiger partial charge in [0.1, 0.15) is 5.82 Å². The van der Waals surface area contributed by atoms with Crippen LogP contribution in [0.4, 0.5) is 5.82 Å². The topological polar surface area (TPSA) is 28.2 Å². The lowest BCUT2D eigenvalue weighted by molar-refractivity contribution is 0.279. The SMILES string of the molecule is Cc1nc(N2CCC(C)(C)CC2)ccc1CNCC(C)C. The Morgan fingerprint density at radius 3 is 2.48 bits per heavy atom. The fraction of sp³-hybridized carbons (Fsp3) is 0.722. The van der Waals surface area contributed by atoms with Gasteiger partial charge in [0.15, 0.2) is 0 Å². The minimum atomic E-state index is 0.492. The largest absolute Gasteiger partial charge is 0.357 e. The Balaban J connectivity index is 1.96. The van der Waals surface area contributed by atoms with Crippen LogP contribution in [0.25, 0.3) is 0 Å². The first-order valence-corrected chi connectivity index (χ1v) is 8.29. The molecule has 21 heavy (non-hydrogen) atoms. The Kier molecular flexibility index (Phi) is 5.26. The predicted octanol–water partition coefficient (Wildman–Crippen LogP) is 3.76. The van der Waals surface area contributed by atoms with E-state index in [9.17, 15) is 0 Å². The Hall–Kier alpha value is -1.09. The third-order valence-electron chi connectivity index (χ3n) is 4.49. The molecule has 1 fully saturated rings. The molecule has 0 amide bonds. The molecule has 1 aliphatic rings. The molecule has 2 rings (SSSR count). The standard InChI is InChI=1S/C18H31N3/c1-14(2)12-19-13-16-6-7-17(20-15(16)3)21-10-8-18(4,5)9-11-21/h6-7,14,19H,8-13H2,1-5H3. The van der Waals surface area contributed by atoms with Crippen LogP contribution in [0.15, 0.2) is 12.1 Å². The van der Waals surface area contributed by atoms with E-state index in [4.69, 9.17) is 4.98 Å². The molecule has 0 spiro atoms. The number of aryl methyl sites for hydroxylation is 1. The normalized spacial score (nSPS) is 18.3. The summed E-state index contributed by atoms with van der Waals surface area (Å²) in [5.41, 5.74) is 2.97. The highest BCUT2D eigenvalue weighted by molar-refractivity contribution is 5.42. The van der Waals surface area contributed by atoms with E-state index < -0.39 is 0 Å². The van der Waals surface area contributed by atoms with Crippen molar-refractivity contribution in [2.75, 3.05) is 24.5 Å². The summed E-state index contributed by atoms with van der Waals surface area (Å²) in [5, 5.41) is 3.50. The van der Waals surface area contributed by atoms with Gasteiger partial charge in [-0.1, -0.05) is 33.8 Å². The summed E-state index contributed by atoms with van der Waals surface area (Å²) >= 11 is 0. The number of aromatic nitrogens is 1. The van der Waals surface area contributed by atoms with Crippen molar-refractivity contribution < 1.29 is 0 Å². The molecule has 0 atom stereocenters. The van der Waals surface area contributed by atoms with Crippen LogP contribution in [0.3, 0.4) is 0 Å². The minimum absolute atomic E-state index is 0.492. The van der Waals surface area contributed by atoms with Crippen molar-refractivity contribution in [1.82, 2.24) is 10.3 Å². The summed E-state index contributed by atoms with van der Waals surface area (Å²) in [4.78, 5) is 7.26. The highest BCUT2D eigenvalue weighted by atomic mass is 15.2. The number of hydrogen-bond donors (Lipinski definition) is 1. The second-order valence-corrected chi connectivity index (χ2v) is 7.59. The summed E-state index contributed by atoms with van der Waals surface area (Å²) in [5.74, 6) is 1.84. The summed E-state index contributed by atoms with van der Waals surface area (Å²) < 4.78 is 0. The van der Waals surface area contributed by atoms with Crippen LogP contribution < -0.4 is 10.2 Å². The number of rotatable bonds is 5. The van der Waals surface area contributed by atoms with Crippen molar-refractivity contribution in [3.05, 3.63) is 23.4 Å². The minimum Gasteiger partial charge on any atom is -0.357 e. The number of pyridine rings is 1. The van der Waals surface area contributed by atoms with Gasteiger partial charge in [0.2, 0.25) is 0 Å². The molecule has 0 aliphatic carbocycles. The third kappa shape index (κ3) is 4.70. The molecular weight excluding hydrogens is 258 g/mol. The highest BCUT2D eigenvalue weighted by Crippen LogP contribution is 2.31. The average molecular weight is 289 g/mol. The maximum Gasteiger partial charge on any atom is 0.128 e. The fourth-order valence-corrected chi connectivity index (χ4v) is 2.78. The molecule has 1 aliphatic heterocycles. The van der Waals surface area contributed by atoms with Crippen molar-refractivity contribution in [3.63, 3.8) is 0 Å². The number of piperidine rings is 1. The van der Waals surface area contributed by atoms with Crippen LogP contribution in [0.2, 0.25) is 0 Å². The zero-order valence-electron chi connectivity index (χ0n) is 14.4. The first-order chi connectivity index (χ1) is 9.87. The van der Waals surface area contributed by atoms with Gasteiger partial charge in [-0.3, -0.25) is 0 Å². The summed E-state index contributed by atoms with van der Waals surface area (Å²) in [6.07, 6.45) is 2.51. The van der Waals surface area contributed by atoms with Gasteiger partial charge in [0, 0.05) is 25.3 Å². The highest BCUT2D eigenvalue weighted by Gasteiger charge is 2.26. The van der Waals surface area contributed by atoms with Crippen LogP contribution >= 0.6 is 0 Å². The van der Waals surface area contributed by atoms with Crippen molar-refractivity contribution in [3.8, 4) is 0 Å². The zero-order valence-corrected chi connectivity index (χ0v) is 14.4. The number of nitrogens with one attached hydrogen (secondary N) is 1. The maximum atomic E-state index is 4.83. The lowest BCUT2D eigenvalue weighted by Gasteiger charge is -2.37. The predicted molar refractivity (Wildman–Crippen MR) is 90.7 cm³/mol. The van der Waals surface area contributed by atoms with E-state index in [1.807, 2.05) is 0 Å². The van der Waals surface area contributed by atoms with Crippen LogP contribution in [-0.4, -0.2) is 24.6 Å². The van der Waals surface area contributed by atoms with E-state index in [0.717, 1.165) is 37.7 Å². The van der Waals surface area contributed by atoms with Gasteiger partial charge in [-0.2, -0.15) is 0 Å². The van der Waals surface area contributed by atoms with Crippen molar-refractivity contribution in [2.24, 2.45) is 11.3 Å². The molecule has 0 radical (unpaired) electrons. The fourth-order valence-electron chi connectivity index (χ4n) is 2.78. The first-order valence-electron chi connectivity index (χ1n) is 8.29. The third-order valence-corrected chi connectivity index (χ3v) is 4.49. The van der Waals surface area contributed by atoms with E-state index in [-0.39, 0.29) is 0 Å². The van der Waals surface area contributed by atoms with Gasteiger partial charge in [-0.25, -0.2) is 4.98 Å². The van der Waals surface area contributed by atoms with E-state index in [1.54, 1.807) is 0 Å². The second kappa shape index (κ2) is 6.78. The molecule has 3 nitrogen and oxygen atoms in total. The molecule has 1 N–H and O–H groups in total.